The van der Waals surface area contributed by atoms with Gasteiger partial charge in [-0.3, -0.25) is 9.59 Å². The summed E-state index contributed by atoms with van der Waals surface area (Å²) in [5.74, 6) is -1.16. The molecule has 5 nitrogen and oxygen atoms in total. The first-order valence-corrected chi connectivity index (χ1v) is 11.1. The van der Waals surface area contributed by atoms with Gasteiger partial charge in [-0.1, -0.05) is 77.6 Å². The van der Waals surface area contributed by atoms with Crippen LogP contribution in [0, 0.1) is 0 Å². The number of esters is 1. The van der Waals surface area contributed by atoms with Gasteiger partial charge < -0.3 is 14.9 Å². The van der Waals surface area contributed by atoms with Gasteiger partial charge >= 0.3 is 11.9 Å². The van der Waals surface area contributed by atoms with Crippen LogP contribution >= 0.6 is 0 Å². The van der Waals surface area contributed by atoms with Crippen LogP contribution in [0.5, 0.6) is 0 Å². The van der Waals surface area contributed by atoms with E-state index in [0.717, 1.165) is 57.8 Å². The van der Waals surface area contributed by atoms with Crippen molar-refractivity contribution < 1.29 is 24.5 Å². The van der Waals surface area contributed by atoms with Crippen molar-refractivity contribution in [3.8, 4) is 0 Å². The molecule has 0 spiro atoms. The summed E-state index contributed by atoms with van der Waals surface area (Å²) < 4.78 is 5.42. The fourth-order valence-corrected chi connectivity index (χ4v) is 3.24. The Labute approximate surface area is 165 Å². The number of carboxylic acid groups (broad SMARTS) is 1. The first-order chi connectivity index (χ1) is 13.1. The Hall–Kier alpha value is -1.10. The number of aliphatic hydroxyl groups is 1. The second-order valence-electron chi connectivity index (χ2n) is 7.57. The standard InChI is InChI=1S/C22H42O5/c1-2-3-4-5-7-10-13-16-20(19-21(24)25)27-22(26)17-14-11-8-6-9-12-15-18-23/h20,23H,2-19H2,1H3,(H,24,25). The predicted octanol–water partition coefficient (Wildman–Crippen LogP) is 5.63. The molecule has 5 heteroatoms. The second-order valence-corrected chi connectivity index (χ2v) is 7.57. The first-order valence-electron chi connectivity index (χ1n) is 11.1. The molecule has 1 atom stereocenters. The smallest absolute Gasteiger partial charge is 0.307 e. The van der Waals surface area contributed by atoms with E-state index in [1.807, 2.05) is 0 Å². The molecule has 0 bridgehead atoms. The molecule has 0 aromatic rings. The number of hydrogen-bond donors (Lipinski definition) is 2. The number of hydrogen-bond acceptors (Lipinski definition) is 4. The van der Waals surface area contributed by atoms with E-state index in [2.05, 4.69) is 6.92 Å². The van der Waals surface area contributed by atoms with Gasteiger partial charge in [-0.05, 0) is 25.7 Å². The number of aliphatic hydroxyl groups excluding tert-OH is 1. The summed E-state index contributed by atoms with van der Waals surface area (Å²) in [6.07, 6.45) is 15.7. The molecule has 27 heavy (non-hydrogen) atoms. The minimum atomic E-state index is -0.904. The third-order valence-corrected chi connectivity index (χ3v) is 4.87. The third-order valence-electron chi connectivity index (χ3n) is 4.87. The predicted molar refractivity (Wildman–Crippen MR) is 109 cm³/mol. The van der Waals surface area contributed by atoms with Crippen LogP contribution in [0.25, 0.3) is 0 Å². The minimum Gasteiger partial charge on any atom is -0.481 e. The van der Waals surface area contributed by atoms with Crippen LogP contribution in [0.15, 0.2) is 0 Å². The van der Waals surface area contributed by atoms with Crippen molar-refractivity contribution in [1.82, 2.24) is 0 Å². The summed E-state index contributed by atoms with van der Waals surface area (Å²) in [5.41, 5.74) is 0. The molecule has 0 aliphatic rings. The molecule has 0 heterocycles. The van der Waals surface area contributed by atoms with Gasteiger partial charge in [0, 0.05) is 13.0 Å². The van der Waals surface area contributed by atoms with E-state index in [-0.39, 0.29) is 19.0 Å². The molecule has 0 aromatic carbocycles. The number of unbranched alkanes of at least 4 members (excludes halogenated alkanes) is 12. The maximum atomic E-state index is 12.0. The highest BCUT2D eigenvalue weighted by atomic mass is 16.5. The Morgan fingerprint density at radius 2 is 1.30 bits per heavy atom. The van der Waals surface area contributed by atoms with Crippen LogP contribution in [0.2, 0.25) is 0 Å². The molecular formula is C22H42O5. The van der Waals surface area contributed by atoms with Crippen LogP contribution in [0.3, 0.4) is 0 Å². The minimum absolute atomic E-state index is 0.0908. The summed E-state index contributed by atoms with van der Waals surface area (Å²) in [6, 6.07) is 0. The third kappa shape index (κ3) is 19.5. The van der Waals surface area contributed by atoms with Gasteiger partial charge in [-0.25, -0.2) is 0 Å². The number of rotatable bonds is 20. The normalized spacial score (nSPS) is 12.1. The van der Waals surface area contributed by atoms with Crippen molar-refractivity contribution in [3.05, 3.63) is 0 Å². The van der Waals surface area contributed by atoms with Crippen molar-refractivity contribution in [2.24, 2.45) is 0 Å². The lowest BCUT2D eigenvalue weighted by Crippen LogP contribution is -2.21. The van der Waals surface area contributed by atoms with E-state index in [0.29, 0.717) is 12.8 Å². The summed E-state index contributed by atoms with van der Waals surface area (Å²) >= 11 is 0. The zero-order valence-corrected chi connectivity index (χ0v) is 17.4. The average molecular weight is 387 g/mol. The van der Waals surface area contributed by atoms with Gasteiger partial charge in [0.15, 0.2) is 0 Å². The summed E-state index contributed by atoms with van der Waals surface area (Å²) in [7, 11) is 0. The van der Waals surface area contributed by atoms with Crippen LogP contribution in [-0.4, -0.2) is 34.9 Å². The molecule has 0 fully saturated rings. The van der Waals surface area contributed by atoms with Crippen molar-refractivity contribution >= 4 is 11.9 Å². The number of aliphatic carboxylic acids is 1. The quantitative estimate of drug-likeness (QED) is 0.209. The molecule has 2 N–H and O–H groups in total. The SMILES string of the molecule is CCCCCCCCCC(CC(=O)O)OC(=O)CCCCCCCCCO. The molecule has 0 aliphatic heterocycles. The average Bonchev–Trinajstić information content (AvgIpc) is 2.62. The Kier molecular flexibility index (Phi) is 18.9. The lowest BCUT2D eigenvalue weighted by Gasteiger charge is -2.16. The van der Waals surface area contributed by atoms with E-state index >= 15 is 0 Å². The van der Waals surface area contributed by atoms with E-state index < -0.39 is 12.1 Å². The zero-order chi connectivity index (χ0) is 20.2. The molecule has 0 amide bonds. The molecular weight excluding hydrogens is 344 g/mol. The van der Waals surface area contributed by atoms with Crippen LogP contribution < -0.4 is 0 Å². The molecule has 1 unspecified atom stereocenters. The number of carbonyl (C=O) groups is 2. The summed E-state index contributed by atoms with van der Waals surface area (Å²) in [4.78, 5) is 23.0. The topological polar surface area (TPSA) is 83.8 Å². The Bertz CT molecular complexity index is 357. The number of ether oxygens (including phenoxy) is 1. The molecule has 0 aromatic heterocycles. The molecule has 0 rings (SSSR count). The van der Waals surface area contributed by atoms with Gasteiger partial charge in [-0.2, -0.15) is 0 Å². The maximum Gasteiger partial charge on any atom is 0.307 e. The lowest BCUT2D eigenvalue weighted by molar-refractivity contribution is -0.153. The largest absolute Gasteiger partial charge is 0.481 e. The molecule has 0 aliphatic carbocycles. The van der Waals surface area contributed by atoms with E-state index in [4.69, 9.17) is 14.9 Å². The van der Waals surface area contributed by atoms with Gasteiger partial charge in [0.2, 0.25) is 0 Å². The maximum absolute atomic E-state index is 12.0. The fourth-order valence-electron chi connectivity index (χ4n) is 3.24. The highest BCUT2D eigenvalue weighted by molar-refractivity contribution is 5.71. The van der Waals surface area contributed by atoms with Crippen molar-refractivity contribution in [2.45, 2.75) is 122 Å². The molecule has 160 valence electrons. The van der Waals surface area contributed by atoms with Gasteiger partial charge in [-0.15, -0.1) is 0 Å². The molecule has 0 radical (unpaired) electrons. The van der Waals surface area contributed by atoms with Crippen molar-refractivity contribution in [1.29, 1.82) is 0 Å². The van der Waals surface area contributed by atoms with Gasteiger partial charge in [0.1, 0.15) is 6.10 Å². The van der Waals surface area contributed by atoms with E-state index in [1.165, 1.54) is 32.1 Å². The summed E-state index contributed by atoms with van der Waals surface area (Å²) in [5, 5.41) is 17.7. The van der Waals surface area contributed by atoms with E-state index in [9.17, 15) is 9.59 Å². The molecule has 0 saturated heterocycles. The zero-order valence-electron chi connectivity index (χ0n) is 17.4. The Morgan fingerprint density at radius 1 is 0.778 bits per heavy atom. The van der Waals surface area contributed by atoms with Crippen molar-refractivity contribution in [2.75, 3.05) is 6.61 Å². The van der Waals surface area contributed by atoms with Crippen LogP contribution in [0.1, 0.15) is 116 Å². The highest BCUT2D eigenvalue weighted by Gasteiger charge is 2.17. The number of carbonyl (C=O) groups excluding carboxylic acids is 1. The van der Waals surface area contributed by atoms with Gasteiger partial charge in [0.25, 0.3) is 0 Å². The lowest BCUT2D eigenvalue weighted by atomic mass is 10.0. The number of carboxylic acids is 1. The Morgan fingerprint density at radius 3 is 1.85 bits per heavy atom. The van der Waals surface area contributed by atoms with Crippen LogP contribution in [0.4, 0.5) is 0 Å². The van der Waals surface area contributed by atoms with Crippen molar-refractivity contribution in [3.63, 3.8) is 0 Å². The fraction of sp³-hybridized carbons (Fsp3) is 0.909. The molecule has 0 saturated carbocycles. The van der Waals surface area contributed by atoms with E-state index in [1.54, 1.807) is 0 Å². The Balaban J connectivity index is 3.80. The monoisotopic (exact) mass is 386 g/mol. The first kappa shape index (κ1) is 25.9. The second kappa shape index (κ2) is 19.7. The summed E-state index contributed by atoms with van der Waals surface area (Å²) in [6.45, 7) is 2.46. The van der Waals surface area contributed by atoms with Crippen LogP contribution in [-0.2, 0) is 14.3 Å². The van der Waals surface area contributed by atoms with Gasteiger partial charge in [0.05, 0.1) is 6.42 Å². The highest BCUT2D eigenvalue weighted by Crippen LogP contribution is 2.15.